The molecule has 1 aromatic carbocycles. The topological polar surface area (TPSA) is 47.0 Å². The van der Waals surface area contributed by atoms with E-state index in [0.29, 0.717) is 0 Å². The van der Waals surface area contributed by atoms with Crippen LogP contribution in [-0.2, 0) is 6.42 Å². The first-order valence-corrected chi connectivity index (χ1v) is 6.94. The van der Waals surface area contributed by atoms with Crippen molar-refractivity contribution >= 4 is 21.7 Å². The summed E-state index contributed by atoms with van der Waals surface area (Å²) in [5.74, 6) is 2.45. The summed E-state index contributed by atoms with van der Waals surface area (Å²) in [6.07, 6.45) is 0.719. The van der Waals surface area contributed by atoms with Gasteiger partial charge < -0.3 is 10.1 Å². The van der Waals surface area contributed by atoms with E-state index in [4.69, 9.17) is 4.74 Å². The molecule has 0 spiro atoms. The zero-order valence-electron chi connectivity index (χ0n) is 10.8. The number of benzene rings is 1. The van der Waals surface area contributed by atoms with Crippen molar-refractivity contribution in [3.8, 4) is 5.75 Å². The van der Waals surface area contributed by atoms with Gasteiger partial charge in [-0.05, 0) is 34.5 Å². The molecule has 0 bridgehead atoms. The van der Waals surface area contributed by atoms with Gasteiger partial charge in [-0.2, -0.15) is 0 Å². The summed E-state index contributed by atoms with van der Waals surface area (Å²) < 4.78 is 6.82. The van der Waals surface area contributed by atoms with E-state index < -0.39 is 0 Å². The van der Waals surface area contributed by atoms with Crippen LogP contribution in [0.1, 0.15) is 23.2 Å². The summed E-state index contributed by atoms with van der Waals surface area (Å²) >= 11 is 3.48. The number of hydrogen-bond donors (Lipinski definition) is 1. The van der Waals surface area contributed by atoms with Crippen molar-refractivity contribution in [2.24, 2.45) is 0 Å². The van der Waals surface area contributed by atoms with Gasteiger partial charge in [0.05, 0.1) is 10.2 Å². The molecule has 0 fully saturated rings. The molecule has 98 valence electrons. The van der Waals surface area contributed by atoms with E-state index in [-0.39, 0.29) is 6.10 Å². The standard InChI is InChI=1S/C14H14BrN3O/c1-8-12(15)14(16-2)18-13(17-8)11-7-9-5-3-4-6-10(9)19-11/h3-6,11H,7H2,1-2H3,(H,16,17,18). The molecule has 1 N–H and O–H groups in total. The van der Waals surface area contributed by atoms with Crippen molar-refractivity contribution in [3.63, 3.8) is 0 Å². The number of para-hydroxylation sites is 1. The molecule has 3 rings (SSSR count). The number of aromatic nitrogens is 2. The van der Waals surface area contributed by atoms with Crippen LogP contribution in [0.15, 0.2) is 28.7 Å². The molecule has 1 atom stereocenters. The number of rotatable bonds is 2. The first-order chi connectivity index (χ1) is 9.19. The van der Waals surface area contributed by atoms with Crippen molar-refractivity contribution in [2.75, 3.05) is 12.4 Å². The average Bonchev–Trinajstić information content (AvgIpc) is 2.85. The van der Waals surface area contributed by atoms with Gasteiger partial charge in [0.15, 0.2) is 11.9 Å². The second-order valence-electron chi connectivity index (χ2n) is 4.50. The Morgan fingerprint density at radius 3 is 2.84 bits per heavy atom. The Morgan fingerprint density at radius 2 is 2.11 bits per heavy atom. The molecular formula is C14H14BrN3O. The Labute approximate surface area is 120 Å². The van der Waals surface area contributed by atoms with Gasteiger partial charge in [-0.3, -0.25) is 0 Å². The minimum absolute atomic E-state index is 0.101. The lowest BCUT2D eigenvalue weighted by atomic mass is 10.1. The van der Waals surface area contributed by atoms with E-state index in [1.54, 1.807) is 0 Å². The van der Waals surface area contributed by atoms with Crippen LogP contribution in [0.5, 0.6) is 5.75 Å². The predicted octanol–water partition coefficient (Wildman–Crippen LogP) is 3.27. The molecule has 0 amide bonds. The van der Waals surface area contributed by atoms with Gasteiger partial charge in [-0.25, -0.2) is 9.97 Å². The van der Waals surface area contributed by atoms with Gasteiger partial charge >= 0.3 is 0 Å². The van der Waals surface area contributed by atoms with Gasteiger partial charge in [0.1, 0.15) is 11.6 Å². The molecule has 0 saturated heterocycles. The van der Waals surface area contributed by atoms with Crippen LogP contribution in [0.4, 0.5) is 5.82 Å². The zero-order chi connectivity index (χ0) is 13.4. The van der Waals surface area contributed by atoms with Crippen LogP contribution < -0.4 is 10.1 Å². The Hall–Kier alpha value is -1.62. The van der Waals surface area contributed by atoms with Gasteiger partial charge in [0, 0.05) is 13.5 Å². The molecule has 19 heavy (non-hydrogen) atoms. The maximum absolute atomic E-state index is 5.92. The lowest BCUT2D eigenvalue weighted by molar-refractivity contribution is 0.227. The largest absolute Gasteiger partial charge is 0.482 e. The third kappa shape index (κ3) is 2.18. The lowest BCUT2D eigenvalue weighted by Gasteiger charge is -2.13. The summed E-state index contributed by atoms with van der Waals surface area (Å²) in [6.45, 7) is 1.96. The third-order valence-electron chi connectivity index (χ3n) is 3.21. The van der Waals surface area contributed by atoms with Crippen LogP contribution in [0.3, 0.4) is 0 Å². The molecule has 0 saturated carbocycles. The fourth-order valence-electron chi connectivity index (χ4n) is 2.22. The summed E-state index contributed by atoms with van der Waals surface area (Å²) in [5.41, 5.74) is 2.12. The number of ether oxygens (including phenoxy) is 1. The van der Waals surface area contributed by atoms with Crippen molar-refractivity contribution in [2.45, 2.75) is 19.4 Å². The molecule has 0 aliphatic carbocycles. The van der Waals surface area contributed by atoms with E-state index in [9.17, 15) is 0 Å². The minimum atomic E-state index is -0.101. The lowest BCUT2D eigenvalue weighted by Crippen LogP contribution is -2.11. The van der Waals surface area contributed by atoms with Crippen molar-refractivity contribution in [1.82, 2.24) is 9.97 Å². The van der Waals surface area contributed by atoms with Crippen molar-refractivity contribution < 1.29 is 4.74 Å². The monoisotopic (exact) mass is 319 g/mol. The number of fused-ring (bicyclic) bond motifs is 1. The molecule has 4 nitrogen and oxygen atoms in total. The van der Waals surface area contributed by atoms with E-state index in [1.807, 2.05) is 32.2 Å². The Morgan fingerprint density at radius 1 is 1.32 bits per heavy atom. The molecule has 5 heteroatoms. The minimum Gasteiger partial charge on any atom is -0.482 e. The van der Waals surface area contributed by atoms with Gasteiger partial charge in [-0.1, -0.05) is 18.2 Å². The highest BCUT2D eigenvalue weighted by Crippen LogP contribution is 2.36. The fourth-order valence-corrected chi connectivity index (χ4v) is 2.59. The molecular weight excluding hydrogens is 306 g/mol. The summed E-state index contributed by atoms with van der Waals surface area (Å²) in [6, 6.07) is 8.07. The maximum atomic E-state index is 5.92. The van der Waals surface area contributed by atoms with Gasteiger partial charge in [0.2, 0.25) is 0 Å². The number of hydrogen-bond acceptors (Lipinski definition) is 4. The van der Waals surface area contributed by atoms with Crippen LogP contribution in [0.25, 0.3) is 0 Å². The first kappa shape index (κ1) is 12.4. The van der Waals surface area contributed by atoms with Crippen LogP contribution in [0.2, 0.25) is 0 Å². The van der Waals surface area contributed by atoms with Crippen LogP contribution in [-0.4, -0.2) is 17.0 Å². The second kappa shape index (κ2) is 4.81. The van der Waals surface area contributed by atoms with Gasteiger partial charge in [0.25, 0.3) is 0 Å². The number of halogens is 1. The summed E-state index contributed by atoms with van der Waals surface area (Å²) in [7, 11) is 1.85. The fraction of sp³-hybridized carbons (Fsp3) is 0.286. The smallest absolute Gasteiger partial charge is 0.172 e. The number of aryl methyl sites for hydroxylation is 1. The second-order valence-corrected chi connectivity index (χ2v) is 5.29. The number of nitrogens with zero attached hydrogens (tertiary/aromatic N) is 2. The highest BCUT2D eigenvalue weighted by molar-refractivity contribution is 9.10. The normalized spacial score (nSPS) is 16.9. The Kier molecular flexibility index (Phi) is 3.14. The molecule has 2 aromatic rings. The van der Waals surface area contributed by atoms with E-state index in [0.717, 1.165) is 34.0 Å². The molecule has 2 heterocycles. The van der Waals surface area contributed by atoms with Crippen LogP contribution in [0, 0.1) is 6.92 Å². The van der Waals surface area contributed by atoms with Crippen molar-refractivity contribution in [1.29, 1.82) is 0 Å². The molecule has 1 aromatic heterocycles. The van der Waals surface area contributed by atoms with E-state index >= 15 is 0 Å². The van der Waals surface area contributed by atoms with E-state index in [1.165, 1.54) is 5.56 Å². The predicted molar refractivity (Wildman–Crippen MR) is 77.5 cm³/mol. The van der Waals surface area contributed by atoms with Crippen LogP contribution >= 0.6 is 15.9 Å². The number of nitrogens with one attached hydrogen (secondary N) is 1. The molecule has 1 unspecified atom stereocenters. The Balaban J connectivity index is 1.95. The SMILES string of the molecule is CNc1nc(C2Cc3ccccc3O2)nc(C)c1Br. The maximum Gasteiger partial charge on any atom is 0.172 e. The summed E-state index contributed by atoms with van der Waals surface area (Å²) in [5, 5.41) is 3.07. The highest BCUT2D eigenvalue weighted by Gasteiger charge is 2.27. The quantitative estimate of drug-likeness (QED) is 0.922. The Bertz CT molecular complexity index is 605. The zero-order valence-corrected chi connectivity index (χ0v) is 12.4. The summed E-state index contributed by atoms with van der Waals surface area (Å²) in [4.78, 5) is 9.05. The first-order valence-electron chi connectivity index (χ1n) is 6.15. The molecule has 0 radical (unpaired) electrons. The molecule has 1 aliphatic heterocycles. The highest BCUT2D eigenvalue weighted by atomic mass is 79.9. The molecule has 1 aliphatic rings. The van der Waals surface area contributed by atoms with Gasteiger partial charge in [-0.15, -0.1) is 0 Å². The average molecular weight is 320 g/mol. The number of anilines is 1. The van der Waals surface area contributed by atoms with E-state index in [2.05, 4.69) is 37.3 Å². The third-order valence-corrected chi connectivity index (χ3v) is 4.16. The van der Waals surface area contributed by atoms with Crippen molar-refractivity contribution in [3.05, 3.63) is 45.8 Å².